The van der Waals surface area contributed by atoms with Crippen molar-refractivity contribution in [3.8, 4) is 0 Å². The monoisotopic (exact) mass is 552 g/mol. The van der Waals surface area contributed by atoms with Gasteiger partial charge < -0.3 is 20.0 Å². The second-order valence-corrected chi connectivity index (χ2v) is 12.8. The van der Waals surface area contributed by atoms with Gasteiger partial charge in [0, 0.05) is 45.0 Å². The van der Waals surface area contributed by atoms with E-state index < -0.39 is 24.0 Å². The molecule has 0 aromatic heterocycles. The first-order valence-corrected chi connectivity index (χ1v) is 14.9. The lowest BCUT2D eigenvalue weighted by Gasteiger charge is -2.60. The summed E-state index contributed by atoms with van der Waals surface area (Å²) in [4.78, 5) is 4.46. The van der Waals surface area contributed by atoms with Gasteiger partial charge in [-0.25, -0.2) is 0 Å². The van der Waals surface area contributed by atoms with Crippen molar-refractivity contribution < 1.29 is 10.2 Å². The zero-order chi connectivity index (χ0) is 29.2. The number of rotatable bonds is 4. The van der Waals surface area contributed by atoms with Gasteiger partial charge in [0.05, 0.1) is 0 Å². The second-order valence-electron chi connectivity index (χ2n) is 12.8. The molecule has 2 aliphatic heterocycles. The number of fused-ring (bicyclic) bond motifs is 2. The van der Waals surface area contributed by atoms with E-state index in [-0.39, 0.29) is 10.8 Å². The Morgan fingerprint density at radius 1 is 0.500 bits per heavy atom. The first-order valence-electron chi connectivity index (χ1n) is 14.9. The summed E-state index contributed by atoms with van der Waals surface area (Å²) in [6, 6.07) is 37.2. The fourth-order valence-corrected chi connectivity index (χ4v) is 7.25. The lowest BCUT2D eigenvalue weighted by molar-refractivity contribution is -0.550. The number of benzene rings is 4. The Bertz CT molecular complexity index is 1550. The molecule has 1 fully saturated rings. The van der Waals surface area contributed by atoms with Gasteiger partial charge in [0.15, 0.2) is 0 Å². The molecule has 3 aliphatic rings. The minimum atomic E-state index is -1.01. The second kappa shape index (κ2) is 9.72. The smallest absolute Gasteiger partial charge is 0.0500 e. The molecule has 4 nitrogen and oxygen atoms in total. The van der Waals surface area contributed by atoms with Crippen LogP contribution in [0.15, 0.2) is 133 Å². The SMILES string of the molecule is CC1(C)C(=CC2C([O-])C(C=C3N(c4ccccc4)c4ccccc4C3(C)C)C2[O-])N(c2ccccc2)c2ccccc21. The van der Waals surface area contributed by atoms with Crippen molar-refractivity contribution in [2.75, 3.05) is 9.80 Å². The average Bonchev–Trinajstić information content (AvgIpc) is 3.38. The maximum atomic E-state index is 14.0. The van der Waals surface area contributed by atoms with Crippen LogP contribution in [0.1, 0.15) is 38.8 Å². The number of nitrogens with zero attached hydrogens (tertiary/aromatic N) is 2. The molecule has 7 rings (SSSR count). The van der Waals surface area contributed by atoms with Gasteiger partial charge in [-0.05, 0) is 59.4 Å². The molecule has 212 valence electrons. The Morgan fingerprint density at radius 3 is 1.21 bits per heavy atom. The number of allylic oxidation sites excluding steroid dienone is 2. The molecule has 0 radical (unpaired) electrons. The molecule has 0 N–H and O–H groups in total. The van der Waals surface area contributed by atoms with Gasteiger partial charge in [-0.1, -0.05) is 113 Å². The quantitative estimate of drug-likeness (QED) is 0.282. The third-order valence-corrected chi connectivity index (χ3v) is 9.65. The van der Waals surface area contributed by atoms with E-state index in [0.717, 1.165) is 34.1 Å². The van der Waals surface area contributed by atoms with E-state index in [1.807, 2.05) is 60.7 Å². The average molecular weight is 553 g/mol. The first kappa shape index (κ1) is 26.8. The van der Waals surface area contributed by atoms with E-state index in [2.05, 4.69) is 98.2 Å². The summed E-state index contributed by atoms with van der Waals surface area (Å²) in [5.41, 5.74) is 8.02. The molecule has 0 amide bonds. The summed E-state index contributed by atoms with van der Waals surface area (Å²) in [6.07, 6.45) is 1.98. The normalized spacial score (nSPS) is 27.2. The minimum Gasteiger partial charge on any atom is -0.851 e. The van der Waals surface area contributed by atoms with Gasteiger partial charge in [-0.3, -0.25) is 0 Å². The Morgan fingerprint density at radius 2 is 0.833 bits per heavy atom. The molecule has 0 atom stereocenters. The number of hydrogen-bond acceptors (Lipinski definition) is 4. The molecule has 4 aromatic rings. The zero-order valence-electron chi connectivity index (χ0n) is 24.6. The molecular weight excluding hydrogens is 516 g/mol. The van der Waals surface area contributed by atoms with Crippen LogP contribution in [0.5, 0.6) is 0 Å². The van der Waals surface area contributed by atoms with Crippen LogP contribution in [0.3, 0.4) is 0 Å². The van der Waals surface area contributed by atoms with Gasteiger partial charge in [0.2, 0.25) is 0 Å². The van der Waals surface area contributed by atoms with Gasteiger partial charge in [0.25, 0.3) is 0 Å². The summed E-state index contributed by atoms with van der Waals surface area (Å²) in [5, 5.41) is 27.9. The van der Waals surface area contributed by atoms with Gasteiger partial charge >= 0.3 is 0 Å². The number of hydrogen-bond donors (Lipinski definition) is 0. The van der Waals surface area contributed by atoms with E-state index >= 15 is 0 Å². The van der Waals surface area contributed by atoms with E-state index in [1.165, 1.54) is 11.1 Å². The molecule has 1 saturated carbocycles. The molecule has 0 spiro atoms. The Kier molecular flexibility index (Phi) is 6.19. The standard InChI is InChI=1S/C38H36N2O2/c1-37(2)29-19-11-13-21-31(29)39(25-15-7-5-8-16-25)33(37)23-27-35(41)28(36(27)42)24-34-38(3,4)30-20-12-14-22-32(30)40(34)26-17-9-6-10-18-26/h5-24,27-28,35-36H,1-4H3/q-2. The topological polar surface area (TPSA) is 52.6 Å². The van der Waals surface area contributed by atoms with Crippen molar-refractivity contribution in [3.63, 3.8) is 0 Å². The number of para-hydroxylation sites is 4. The maximum absolute atomic E-state index is 14.0. The third kappa shape index (κ3) is 3.89. The van der Waals surface area contributed by atoms with Crippen LogP contribution in [0.25, 0.3) is 0 Å². The highest BCUT2D eigenvalue weighted by molar-refractivity contribution is 5.81. The van der Waals surface area contributed by atoms with Crippen molar-refractivity contribution in [2.24, 2.45) is 11.8 Å². The van der Waals surface area contributed by atoms with Crippen LogP contribution in [0.4, 0.5) is 22.7 Å². The highest BCUT2D eigenvalue weighted by Crippen LogP contribution is 2.54. The first-order chi connectivity index (χ1) is 20.2. The summed E-state index contributed by atoms with van der Waals surface area (Å²) >= 11 is 0. The van der Waals surface area contributed by atoms with Crippen LogP contribution in [0.2, 0.25) is 0 Å². The van der Waals surface area contributed by atoms with Crippen LogP contribution in [-0.2, 0) is 10.8 Å². The van der Waals surface area contributed by atoms with E-state index in [0.29, 0.717) is 0 Å². The predicted molar refractivity (Wildman–Crippen MR) is 167 cm³/mol. The minimum absolute atomic E-state index is 0.339. The summed E-state index contributed by atoms with van der Waals surface area (Å²) in [6.45, 7) is 8.76. The molecule has 0 unspecified atom stereocenters. The van der Waals surface area contributed by atoms with E-state index in [9.17, 15) is 10.2 Å². The Hall–Kier alpha value is -4.12. The molecule has 2 heterocycles. The van der Waals surface area contributed by atoms with Crippen molar-refractivity contribution >= 4 is 22.7 Å². The van der Waals surface area contributed by atoms with Crippen LogP contribution < -0.4 is 20.0 Å². The van der Waals surface area contributed by atoms with E-state index in [4.69, 9.17) is 0 Å². The molecule has 0 bridgehead atoms. The van der Waals surface area contributed by atoms with Crippen molar-refractivity contribution in [2.45, 2.75) is 50.7 Å². The Labute approximate surface area is 248 Å². The van der Waals surface area contributed by atoms with Gasteiger partial charge in [0.1, 0.15) is 0 Å². The zero-order valence-corrected chi connectivity index (χ0v) is 24.6. The molecule has 42 heavy (non-hydrogen) atoms. The highest BCUT2D eigenvalue weighted by Gasteiger charge is 2.45. The molecule has 4 heteroatoms. The van der Waals surface area contributed by atoms with Gasteiger partial charge in [-0.2, -0.15) is 0 Å². The molecule has 0 saturated heterocycles. The van der Waals surface area contributed by atoms with Crippen LogP contribution in [-0.4, -0.2) is 12.2 Å². The summed E-state index contributed by atoms with van der Waals surface area (Å²) in [5.74, 6) is -1.20. The van der Waals surface area contributed by atoms with Crippen molar-refractivity contribution in [3.05, 3.63) is 144 Å². The summed E-state index contributed by atoms with van der Waals surface area (Å²) < 4.78 is 0. The fourth-order valence-electron chi connectivity index (χ4n) is 7.25. The van der Waals surface area contributed by atoms with Crippen LogP contribution in [0, 0.1) is 11.8 Å². The number of anilines is 4. The van der Waals surface area contributed by atoms with Gasteiger partial charge in [-0.15, -0.1) is 12.2 Å². The van der Waals surface area contributed by atoms with Crippen molar-refractivity contribution in [1.29, 1.82) is 0 Å². The van der Waals surface area contributed by atoms with E-state index in [1.54, 1.807) is 0 Å². The molecular formula is C38H36N2O2-2. The fraction of sp³-hybridized carbons (Fsp3) is 0.263. The lowest BCUT2D eigenvalue weighted by Crippen LogP contribution is -2.66. The third-order valence-electron chi connectivity index (χ3n) is 9.65. The molecule has 1 aliphatic carbocycles. The predicted octanol–water partition coefficient (Wildman–Crippen LogP) is 6.72. The molecule has 4 aromatic carbocycles. The summed E-state index contributed by atoms with van der Waals surface area (Å²) in [7, 11) is 0. The van der Waals surface area contributed by atoms with Crippen LogP contribution >= 0.6 is 0 Å². The largest absolute Gasteiger partial charge is 0.851 e. The maximum Gasteiger partial charge on any atom is 0.0500 e. The Balaban J connectivity index is 1.27. The highest BCUT2D eigenvalue weighted by atomic mass is 16.3. The lowest BCUT2D eigenvalue weighted by atomic mass is 9.66. The van der Waals surface area contributed by atoms with Crippen molar-refractivity contribution in [1.82, 2.24) is 0 Å².